The van der Waals surface area contributed by atoms with Crippen LogP contribution in [0.15, 0.2) is 54.6 Å². The van der Waals surface area contributed by atoms with Crippen LogP contribution in [-0.4, -0.2) is 19.3 Å². The van der Waals surface area contributed by atoms with E-state index in [1.165, 1.54) is 11.1 Å². The molecule has 21 heavy (non-hydrogen) atoms. The van der Waals surface area contributed by atoms with E-state index in [1.54, 1.807) is 0 Å². The largest absolute Gasteiger partial charge is 0.490 e. The Labute approximate surface area is 126 Å². The molecule has 0 amide bonds. The van der Waals surface area contributed by atoms with Crippen LogP contribution in [0.25, 0.3) is 0 Å². The summed E-state index contributed by atoms with van der Waals surface area (Å²) in [6.45, 7) is 3.72. The molecule has 1 heterocycles. The van der Waals surface area contributed by atoms with Gasteiger partial charge in [-0.25, -0.2) is 0 Å². The highest BCUT2D eigenvalue weighted by molar-refractivity contribution is 5.42. The maximum Gasteiger partial charge on any atom is 0.123 e. The number of ether oxygens (including phenoxy) is 2. The van der Waals surface area contributed by atoms with Gasteiger partial charge in [0.15, 0.2) is 0 Å². The van der Waals surface area contributed by atoms with E-state index in [1.807, 2.05) is 6.07 Å². The van der Waals surface area contributed by atoms with Crippen LogP contribution >= 0.6 is 0 Å². The molecule has 1 saturated heterocycles. The van der Waals surface area contributed by atoms with Gasteiger partial charge in [0.05, 0.1) is 6.61 Å². The van der Waals surface area contributed by atoms with Gasteiger partial charge in [-0.05, 0) is 18.1 Å². The average Bonchev–Trinajstić information content (AvgIpc) is 3.36. The Balaban J connectivity index is 1.87. The normalized spacial score (nSPS) is 18.2. The predicted molar refractivity (Wildman–Crippen MR) is 84.9 cm³/mol. The minimum absolute atomic E-state index is 0.291. The Morgan fingerprint density at radius 2 is 1.81 bits per heavy atom. The average molecular weight is 282 g/mol. The van der Waals surface area contributed by atoms with E-state index in [9.17, 15) is 0 Å². The number of hydrogen-bond acceptors (Lipinski definition) is 2. The molecule has 0 N–H and O–H groups in total. The van der Waals surface area contributed by atoms with Gasteiger partial charge in [-0.1, -0.05) is 61.9 Å². The summed E-state index contributed by atoms with van der Waals surface area (Å²) in [4.78, 5) is 0. The van der Waals surface area contributed by atoms with Crippen LogP contribution in [-0.2, 0) is 4.74 Å². The Bertz CT molecular complexity index is 561. The summed E-state index contributed by atoms with van der Waals surface area (Å²) in [6.07, 6.45) is 2.57. The molecule has 110 valence electrons. The van der Waals surface area contributed by atoms with Crippen LogP contribution < -0.4 is 4.74 Å². The van der Waals surface area contributed by atoms with Gasteiger partial charge >= 0.3 is 0 Å². The quantitative estimate of drug-likeness (QED) is 0.702. The van der Waals surface area contributed by atoms with Gasteiger partial charge in [-0.3, -0.25) is 0 Å². The van der Waals surface area contributed by atoms with Gasteiger partial charge in [-0.15, -0.1) is 0 Å². The number of hydrogen-bond donors (Lipinski definition) is 0. The molecule has 1 aliphatic heterocycles. The lowest BCUT2D eigenvalue weighted by Crippen LogP contribution is -2.08. The molecule has 2 heteroatoms. The van der Waals surface area contributed by atoms with Crippen molar-refractivity contribution >= 4 is 0 Å². The fraction of sp³-hybridized carbons (Fsp3) is 0.368. The molecular weight excluding hydrogens is 260 g/mol. The van der Waals surface area contributed by atoms with Crippen LogP contribution in [0.3, 0.4) is 0 Å². The number of epoxide rings is 1. The van der Waals surface area contributed by atoms with Crippen LogP contribution in [0.4, 0.5) is 0 Å². The molecule has 1 aliphatic rings. The fourth-order valence-corrected chi connectivity index (χ4v) is 2.72. The van der Waals surface area contributed by atoms with E-state index in [0.29, 0.717) is 18.6 Å². The van der Waals surface area contributed by atoms with Gasteiger partial charge in [0.25, 0.3) is 0 Å². The summed E-state index contributed by atoms with van der Waals surface area (Å²) >= 11 is 0. The molecule has 0 saturated carbocycles. The van der Waals surface area contributed by atoms with Crippen molar-refractivity contribution in [2.24, 2.45) is 0 Å². The van der Waals surface area contributed by atoms with Crippen molar-refractivity contribution in [3.05, 3.63) is 65.7 Å². The van der Waals surface area contributed by atoms with E-state index in [0.717, 1.165) is 25.2 Å². The van der Waals surface area contributed by atoms with E-state index in [-0.39, 0.29) is 0 Å². The van der Waals surface area contributed by atoms with Crippen molar-refractivity contribution < 1.29 is 9.47 Å². The van der Waals surface area contributed by atoms with Crippen molar-refractivity contribution in [2.75, 3.05) is 13.2 Å². The first-order valence-corrected chi connectivity index (χ1v) is 7.76. The monoisotopic (exact) mass is 282 g/mol. The Hall–Kier alpha value is -1.80. The van der Waals surface area contributed by atoms with Crippen molar-refractivity contribution in [3.63, 3.8) is 0 Å². The van der Waals surface area contributed by atoms with E-state index in [2.05, 4.69) is 55.5 Å². The lowest BCUT2D eigenvalue weighted by molar-refractivity contribution is 0.260. The van der Waals surface area contributed by atoms with E-state index in [4.69, 9.17) is 9.47 Å². The molecule has 0 radical (unpaired) electrons. The second-order valence-corrected chi connectivity index (χ2v) is 5.56. The molecule has 1 fully saturated rings. The van der Waals surface area contributed by atoms with E-state index >= 15 is 0 Å². The summed E-state index contributed by atoms with van der Waals surface area (Å²) in [5, 5.41) is 0. The maximum atomic E-state index is 5.98. The summed E-state index contributed by atoms with van der Waals surface area (Å²) < 4.78 is 11.2. The summed E-state index contributed by atoms with van der Waals surface area (Å²) in [5.41, 5.74) is 2.64. The zero-order valence-electron chi connectivity index (χ0n) is 12.5. The molecule has 0 bridgehead atoms. The predicted octanol–water partition coefficient (Wildman–Crippen LogP) is 4.40. The van der Waals surface area contributed by atoms with Gasteiger partial charge in [0.2, 0.25) is 0 Å². The van der Waals surface area contributed by atoms with Crippen molar-refractivity contribution in [1.82, 2.24) is 0 Å². The van der Waals surface area contributed by atoms with Crippen molar-refractivity contribution in [3.8, 4) is 5.75 Å². The zero-order valence-corrected chi connectivity index (χ0v) is 12.5. The van der Waals surface area contributed by atoms with Gasteiger partial charge in [0, 0.05) is 11.5 Å². The Morgan fingerprint density at radius 3 is 2.52 bits per heavy atom. The minimum atomic E-state index is 0.291. The molecule has 0 aliphatic carbocycles. The highest BCUT2D eigenvalue weighted by Crippen LogP contribution is 2.35. The zero-order chi connectivity index (χ0) is 14.5. The second-order valence-electron chi connectivity index (χ2n) is 5.56. The third-order valence-electron chi connectivity index (χ3n) is 3.90. The SMILES string of the molecule is CCCC(c1ccccc1)c1ccccc1OCC1CO1. The molecule has 2 aromatic rings. The van der Waals surface area contributed by atoms with Crippen LogP contribution in [0, 0.1) is 0 Å². The summed E-state index contributed by atoms with van der Waals surface area (Å²) in [7, 11) is 0. The van der Waals surface area contributed by atoms with Crippen LogP contribution in [0.1, 0.15) is 36.8 Å². The number of para-hydroxylation sites is 1. The van der Waals surface area contributed by atoms with Gasteiger partial charge in [-0.2, -0.15) is 0 Å². The molecule has 2 aromatic carbocycles. The molecule has 3 rings (SSSR count). The maximum absolute atomic E-state index is 5.98. The topological polar surface area (TPSA) is 21.8 Å². The molecule has 0 aromatic heterocycles. The second kappa shape index (κ2) is 6.77. The summed E-state index contributed by atoms with van der Waals surface area (Å²) in [5.74, 6) is 1.39. The molecule has 2 atom stereocenters. The number of benzene rings is 2. The lowest BCUT2D eigenvalue weighted by atomic mass is 9.87. The van der Waals surface area contributed by atoms with Crippen molar-refractivity contribution in [1.29, 1.82) is 0 Å². The first-order chi connectivity index (χ1) is 10.4. The minimum Gasteiger partial charge on any atom is -0.490 e. The smallest absolute Gasteiger partial charge is 0.123 e. The molecule has 0 spiro atoms. The van der Waals surface area contributed by atoms with Crippen LogP contribution in [0.2, 0.25) is 0 Å². The number of rotatable bonds is 7. The lowest BCUT2D eigenvalue weighted by Gasteiger charge is -2.20. The van der Waals surface area contributed by atoms with Crippen LogP contribution in [0.5, 0.6) is 5.75 Å². The molecule has 2 unspecified atom stereocenters. The summed E-state index contributed by atoms with van der Waals surface area (Å²) in [6, 6.07) is 19.1. The first-order valence-electron chi connectivity index (χ1n) is 7.76. The third-order valence-corrected chi connectivity index (χ3v) is 3.90. The highest BCUT2D eigenvalue weighted by atomic mass is 16.6. The van der Waals surface area contributed by atoms with Crippen molar-refractivity contribution in [2.45, 2.75) is 31.8 Å². The Kier molecular flexibility index (Phi) is 4.56. The van der Waals surface area contributed by atoms with E-state index < -0.39 is 0 Å². The van der Waals surface area contributed by atoms with Gasteiger partial charge < -0.3 is 9.47 Å². The fourth-order valence-electron chi connectivity index (χ4n) is 2.72. The highest BCUT2D eigenvalue weighted by Gasteiger charge is 2.24. The Morgan fingerprint density at radius 1 is 1.10 bits per heavy atom. The standard InChI is InChI=1S/C19H22O2/c1-2-8-17(15-9-4-3-5-10-15)18-11-6-7-12-19(18)21-14-16-13-20-16/h3-7,9-12,16-17H,2,8,13-14H2,1H3. The third kappa shape index (κ3) is 3.64. The molecular formula is C19H22O2. The molecule has 2 nitrogen and oxygen atoms in total. The first kappa shape index (κ1) is 14.2. The van der Waals surface area contributed by atoms with Gasteiger partial charge in [0.1, 0.15) is 18.5 Å².